The lowest BCUT2D eigenvalue weighted by Gasteiger charge is -2.03. The molecule has 0 aliphatic rings. The number of aromatic amines is 1. The van der Waals surface area contributed by atoms with Gasteiger partial charge in [-0.25, -0.2) is 0 Å². The first-order valence-electron chi connectivity index (χ1n) is 5.60. The number of halogens is 1. The Bertz CT molecular complexity index is 701. The minimum atomic E-state index is -0.213. The van der Waals surface area contributed by atoms with Gasteiger partial charge in [-0.1, -0.05) is 21.1 Å². The van der Waals surface area contributed by atoms with Crippen LogP contribution in [-0.2, 0) is 0 Å². The number of carbonyl (C=O) groups is 1. The highest BCUT2D eigenvalue weighted by Gasteiger charge is 2.15. The Hall–Kier alpha value is -2.21. The summed E-state index contributed by atoms with van der Waals surface area (Å²) in [5.74, 6) is -0.213. The van der Waals surface area contributed by atoms with Gasteiger partial charge in [0.2, 0.25) is 0 Å². The molecule has 0 unspecified atom stereocenters. The molecule has 0 fully saturated rings. The maximum Gasteiger partial charge on any atom is 0.280 e. The Kier molecular flexibility index (Phi) is 3.00. The zero-order valence-corrected chi connectivity index (χ0v) is 11.3. The fourth-order valence-corrected chi connectivity index (χ4v) is 2.04. The summed E-state index contributed by atoms with van der Waals surface area (Å²) in [7, 11) is 0. The molecule has 94 valence electrons. The fourth-order valence-electron chi connectivity index (χ4n) is 1.77. The van der Waals surface area contributed by atoms with Crippen molar-refractivity contribution in [3.63, 3.8) is 0 Å². The summed E-state index contributed by atoms with van der Waals surface area (Å²) in [4.78, 5) is 15.4. The van der Waals surface area contributed by atoms with Crippen molar-refractivity contribution in [2.24, 2.45) is 0 Å². The van der Waals surface area contributed by atoms with Crippen molar-refractivity contribution in [3.8, 4) is 11.4 Å². The molecular formula is C13H9BrN4O. The van der Waals surface area contributed by atoms with Gasteiger partial charge in [0.05, 0.1) is 11.9 Å². The Morgan fingerprint density at radius 2 is 2.00 bits per heavy atom. The van der Waals surface area contributed by atoms with E-state index in [1.807, 2.05) is 24.3 Å². The minimum absolute atomic E-state index is 0.213. The first kappa shape index (κ1) is 11.9. The molecule has 0 saturated heterocycles. The third kappa shape index (κ3) is 2.22. The van der Waals surface area contributed by atoms with Gasteiger partial charge in [-0.3, -0.25) is 4.79 Å². The van der Waals surface area contributed by atoms with E-state index < -0.39 is 0 Å². The van der Waals surface area contributed by atoms with Gasteiger partial charge >= 0.3 is 0 Å². The van der Waals surface area contributed by atoms with Crippen LogP contribution in [0.1, 0.15) is 10.4 Å². The van der Waals surface area contributed by atoms with Crippen LogP contribution in [-0.4, -0.2) is 25.9 Å². The number of nitrogens with one attached hydrogen (secondary N) is 1. The zero-order chi connectivity index (χ0) is 13.2. The molecule has 0 bridgehead atoms. The molecule has 2 heterocycles. The van der Waals surface area contributed by atoms with Crippen molar-refractivity contribution in [2.45, 2.75) is 0 Å². The Labute approximate surface area is 117 Å². The van der Waals surface area contributed by atoms with E-state index in [0.29, 0.717) is 11.3 Å². The number of nitrogens with zero attached hydrogens (tertiary/aromatic N) is 3. The highest BCUT2D eigenvalue weighted by molar-refractivity contribution is 9.10. The average molecular weight is 317 g/mol. The topological polar surface area (TPSA) is 63.6 Å². The van der Waals surface area contributed by atoms with Crippen LogP contribution in [0.3, 0.4) is 0 Å². The van der Waals surface area contributed by atoms with Gasteiger partial charge in [0.15, 0.2) is 0 Å². The van der Waals surface area contributed by atoms with Crippen LogP contribution >= 0.6 is 15.9 Å². The standard InChI is InChI=1S/C13H9BrN4O/c14-10-5-3-9(4-6-10)13(19)18-12(8-16-17-18)11-2-1-7-15-11/h1-8,15H. The molecule has 3 rings (SSSR count). The Morgan fingerprint density at radius 3 is 2.68 bits per heavy atom. The van der Waals surface area contributed by atoms with Crippen LogP contribution < -0.4 is 0 Å². The summed E-state index contributed by atoms with van der Waals surface area (Å²) < 4.78 is 2.21. The molecule has 2 aromatic heterocycles. The van der Waals surface area contributed by atoms with Crippen LogP contribution in [0, 0.1) is 0 Å². The second-order valence-corrected chi connectivity index (χ2v) is 4.84. The van der Waals surface area contributed by atoms with Gasteiger partial charge in [0.25, 0.3) is 5.91 Å². The number of carbonyl (C=O) groups excluding carboxylic acids is 1. The maximum absolute atomic E-state index is 12.4. The molecule has 0 saturated carbocycles. The molecule has 0 radical (unpaired) electrons. The van der Waals surface area contributed by atoms with Crippen molar-refractivity contribution >= 4 is 21.8 Å². The predicted octanol–water partition coefficient (Wildman–Crippen LogP) is 2.72. The summed E-state index contributed by atoms with van der Waals surface area (Å²) in [5, 5.41) is 7.66. The van der Waals surface area contributed by atoms with Crippen molar-refractivity contribution in [3.05, 3.63) is 58.8 Å². The summed E-state index contributed by atoms with van der Waals surface area (Å²) in [6.45, 7) is 0. The molecule has 0 amide bonds. The number of rotatable bonds is 2. The first-order valence-corrected chi connectivity index (χ1v) is 6.40. The van der Waals surface area contributed by atoms with Gasteiger partial charge in [-0.2, -0.15) is 4.68 Å². The van der Waals surface area contributed by atoms with Gasteiger partial charge in [-0.15, -0.1) is 5.10 Å². The molecule has 1 N–H and O–H groups in total. The normalized spacial score (nSPS) is 10.6. The van der Waals surface area contributed by atoms with Crippen LogP contribution in [0.15, 0.2) is 53.3 Å². The molecule has 0 aliphatic carbocycles. The molecule has 5 nitrogen and oxygen atoms in total. The SMILES string of the molecule is O=C(c1ccc(Br)cc1)n1nncc1-c1ccc[nH]1. The Balaban J connectivity index is 2.01. The quantitative estimate of drug-likeness (QED) is 0.790. The van der Waals surface area contributed by atoms with Gasteiger partial charge in [-0.05, 0) is 36.4 Å². The highest BCUT2D eigenvalue weighted by Crippen LogP contribution is 2.17. The summed E-state index contributed by atoms with van der Waals surface area (Å²) in [6.07, 6.45) is 3.35. The molecule has 0 aliphatic heterocycles. The summed E-state index contributed by atoms with van der Waals surface area (Å²) in [5.41, 5.74) is 2.00. The largest absolute Gasteiger partial charge is 0.360 e. The lowest BCUT2D eigenvalue weighted by molar-refractivity contribution is 0.0945. The molecule has 0 spiro atoms. The van der Waals surface area contributed by atoms with E-state index >= 15 is 0 Å². The summed E-state index contributed by atoms with van der Waals surface area (Å²) >= 11 is 3.34. The second-order valence-electron chi connectivity index (χ2n) is 3.93. The Morgan fingerprint density at radius 1 is 1.21 bits per heavy atom. The number of H-pyrrole nitrogens is 1. The molecule has 19 heavy (non-hydrogen) atoms. The van der Waals surface area contributed by atoms with E-state index in [1.54, 1.807) is 24.5 Å². The molecule has 3 aromatic rings. The lowest BCUT2D eigenvalue weighted by Crippen LogP contribution is -2.15. The summed E-state index contributed by atoms with van der Waals surface area (Å²) in [6, 6.07) is 10.8. The molecular weight excluding hydrogens is 308 g/mol. The van der Waals surface area contributed by atoms with E-state index in [2.05, 4.69) is 31.2 Å². The van der Waals surface area contributed by atoms with Crippen molar-refractivity contribution < 1.29 is 4.79 Å². The average Bonchev–Trinajstić information content (AvgIpc) is 3.09. The van der Waals surface area contributed by atoms with E-state index in [9.17, 15) is 4.79 Å². The number of aromatic nitrogens is 4. The number of benzene rings is 1. The minimum Gasteiger partial charge on any atom is -0.360 e. The smallest absolute Gasteiger partial charge is 0.280 e. The predicted molar refractivity (Wildman–Crippen MR) is 73.7 cm³/mol. The number of hydrogen-bond acceptors (Lipinski definition) is 3. The van der Waals surface area contributed by atoms with Crippen LogP contribution in [0.4, 0.5) is 0 Å². The third-order valence-corrected chi connectivity index (χ3v) is 3.24. The van der Waals surface area contributed by atoms with Crippen molar-refractivity contribution in [2.75, 3.05) is 0 Å². The van der Waals surface area contributed by atoms with Gasteiger partial charge in [0.1, 0.15) is 5.69 Å². The van der Waals surface area contributed by atoms with Crippen molar-refractivity contribution in [1.82, 2.24) is 20.0 Å². The highest BCUT2D eigenvalue weighted by atomic mass is 79.9. The molecule has 6 heteroatoms. The van der Waals surface area contributed by atoms with E-state index in [4.69, 9.17) is 0 Å². The van der Waals surface area contributed by atoms with E-state index in [0.717, 1.165) is 10.2 Å². The van der Waals surface area contributed by atoms with Gasteiger partial charge in [0, 0.05) is 16.2 Å². The van der Waals surface area contributed by atoms with E-state index in [1.165, 1.54) is 4.68 Å². The second kappa shape index (κ2) is 4.81. The van der Waals surface area contributed by atoms with Gasteiger partial charge < -0.3 is 4.98 Å². The monoisotopic (exact) mass is 316 g/mol. The first-order chi connectivity index (χ1) is 9.25. The zero-order valence-electron chi connectivity index (χ0n) is 9.75. The van der Waals surface area contributed by atoms with Crippen molar-refractivity contribution in [1.29, 1.82) is 0 Å². The third-order valence-electron chi connectivity index (χ3n) is 2.71. The molecule has 0 atom stereocenters. The maximum atomic E-state index is 12.4. The van der Waals surface area contributed by atoms with Crippen LogP contribution in [0.2, 0.25) is 0 Å². The number of hydrogen-bond donors (Lipinski definition) is 1. The van der Waals surface area contributed by atoms with Crippen LogP contribution in [0.25, 0.3) is 11.4 Å². The molecule has 1 aromatic carbocycles. The lowest BCUT2D eigenvalue weighted by atomic mass is 10.2. The van der Waals surface area contributed by atoms with E-state index in [-0.39, 0.29) is 5.91 Å². The van der Waals surface area contributed by atoms with Crippen LogP contribution in [0.5, 0.6) is 0 Å². The fraction of sp³-hybridized carbons (Fsp3) is 0.